The van der Waals surface area contributed by atoms with E-state index < -0.39 is 12.3 Å². The van der Waals surface area contributed by atoms with Crippen LogP contribution in [0.4, 0.5) is 4.39 Å². The summed E-state index contributed by atoms with van der Waals surface area (Å²) in [4.78, 5) is 11.6. The van der Waals surface area contributed by atoms with Gasteiger partial charge in [0.2, 0.25) is 0 Å². The molecular formula is C98H117Br2ClFN15O4. The van der Waals surface area contributed by atoms with Gasteiger partial charge in [0, 0.05) is 287 Å². The molecule has 0 saturated carbocycles. The Morgan fingerprint density at radius 2 is 0.496 bits per heavy atom. The molecule has 5 aliphatic heterocycles. The van der Waals surface area contributed by atoms with Crippen LogP contribution in [0, 0.1) is 20.8 Å². The number of alkyl halides is 1. The number of β-amino-alcohol motifs (C(OH)–C–C–N with tert-alkyl or cyclic N) is 4. The zero-order valence-corrected chi connectivity index (χ0v) is 73.9. The molecule has 19 nitrogen and oxygen atoms in total. The first-order chi connectivity index (χ1) is 59.0. The van der Waals surface area contributed by atoms with Crippen LogP contribution >= 0.6 is 43.5 Å². The Morgan fingerprint density at radius 1 is 0.273 bits per heavy atom. The van der Waals surface area contributed by atoms with Crippen molar-refractivity contribution in [3.8, 4) is 0 Å². The van der Waals surface area contributed by atoms with Gasteiger partial charge >= 0.3 is 0 Å². The number of piperazine rings is 5. The first-order valence-electron chi connectivity index (χ1n) is 43.5. The van der Waals surface area contributed by atoms with E-state index >= 15 is 0 Å². The van der Waals surface area contributed by atoms with E-state index in [0.717, 1.165) is 192 Å². The topological polar surface area (TPSA) is 182 Å². The van der Waals surface area contributed by atoms with E-state index in [9.17, 15) is 24.8 Å². The molecule has 5 fully saturated rings. The second-order valence-corrected chi connectivity index (χ2v) is 35.9. The Bertz CT molecular complexity index is 5530. The van der Waals surface area contributed by atoms with Crippen molar-refractivity contribution in [2.75, 3.05) is 164 Å². The van der Waals surface area contributed by atoms with Crippen LogP contribution in [0.5, 0.6) is 0 Å². The number of nitrogens with one attached hydrogen (secondary N) is 5. The summed E-state index contributed by atoms with van der Waals surface area (Å²) in [6.45, 7) is 32.6. The van der Waals surface area contributed by atoms with Gasteiger partial charge in [-0.15, -0.1) is 0 Å². The third-order valence-corrected chi connectivity index (χ3v) is 25.9. The quantitative estimate of drug-likeness (QED) is 0.0352. The molecule has 5 saturated heterocycles. The minimum absolute atomic E-state index is 0.354. The summed E-state index contributed by atoms with van der Waals surface area (Å²) in [5, 5.41) is 72.4. The fraction of sp³-hybridized carbons (Fsp3) is 0.388. The average Bonchev–Trinajstić information content (AvgIpc) is 1.62. The SMILES string of the molecule is Cc1ccc2c(c1)c1cc(Br)ccc1n2CC(F)CN1CCNCC1.Cc1ccc2c(c1)c1cc(Br)ccc1n2CC(O)CN1CCNCC1.Cc1ccc2c(c1)c1ccccc1n2CC(O)CN1CCNCC1.OC(CN1CCNCC1)Cn1c2ccccc2c2cc(Cl)ccc21.OC(CN1CCNCC1)Cn1c2ccccc2c2ccccc21. The van der Waals surface area contributed by atoms with Gasteiger partial charge in [-0.3, -0.25) is 24.5 Å². The van der Waals surface area contributed by atoms with E-state index in [1.54, 1.807) is 0 Å². The fourth-order valence-electron chi connectivity index (χ4n) is 18.8. The number of fused-ring (bicyclic) bond motifs is 15. The van der Waals surface area contributed by atoms with E-state index in [-0.39, 0.29) is 18.3 Å². The van der Waals surface area contributed by atoms with Crippen molar-refractivity contribution in [2.45, 2.75) is 84.1 Å². The van der Waals surface area contributed by atoms with E-state index in [4.69, 9.17) is 11.6 Å². The van der Waals surface area contributed by atoms with Crippen molar-refractivity contribution in [3.05, 3.63) is 237 Å². The Labute approximate surface area is 730 Å². The van der Waals surface area contributed by atoms with Crippen LogP contribution in [0.1, 0.15) is 16.7 Å². The van der Waals surface area contributed by atoms with Gasteiger partial charge in [0.15, 0.2) is 0 Å². The van der Waals surface area contributed by atoms with Gasteiger partial charge in [-0.2, -0.15) is 0 Å². The number of aliphatic hydroxyl groups is 4. The Hall–Kier alpha value is -8.18. The van der Waals surface area contributed by atoms with E-state index in [1.165, 1.54) is 98.3 Å². The lowest BCUT2D eigenvalue weighted by Crippen LogP contribution is -2.46. The van der Waals surface area contributed by atoms with Crippen molar-refractivity contribution >= 4 is 152 Å². The first-order valence-corrected chi connectivity index (χ1v) is 45.4. The number of halogens is 4. The monoisotopic (exact) mass is 1780 g/mol. The van der Waals surface area contributed by atoms with Gasteiger partial charge in [-0.05, 0) is 136 Å². The predicted molar refractivity (Wildman–Crippen MR) is 507 cm³/mol. The maximum Gasteiger partial charge on any atom is 0.131 e. The van der Waals surface area contributed by atoms with Crippen molar-refractivity contribution in [2.24, 2.45) is 0 Å². The maximum absolute atomic E-state index is 14.9. The molecule has 636 valence electrons. The minimum atomic E-state index is -0.873. The molecule has 15 aromatic rings. The lowest BCUT2D eigenvalue weighted by Gasteiger charge is -2.29. The summed E-state index contributed by atoms with van der Waals surface area (Å²) in [7, 11) is 0. The number of hydrogen-bond donors (Lipinski definition) is 9. The molecule has 20 rings (SSSR count). The summed E-state index contributed by atoms with van der Waals surface area (Å²) < 4.78 is 28.2. The van der Waals surface area contributed by atoms with Gasteiger partial charge in [-0.1, -0.05) is 151 Å². The molecule has 0 radical (unpaired) electrons. The molecule has 0 aliphatic carbocycles. The van der Waals surface area contributed by atoms with Crippen molar-refractivity contribution in [1.29, 1.82) is 0 Å². The number of nitrogens with zero attached hydrogens (tertiary/aromatic N) is 10. The maximum atomic E-state index is 14.9. The molecule has 0 spiro atoms. The van der Waals surface area contributed by atoms with Crippen LogP contribution in [-0.4, -0.2) is 262 Å². The highest BCUT2D eigenvalue weighted by Crippen LogP contribution is 2.37. The van der Waals surface area contributed by atoms with Crippen LogP contribution in [0.3, 0.4) is 0 Å². The zero-order chi connectivity index (χ0) is 83.5. The van der Waals surface area contributed by atoms with Crippen LogP contribution < -0.4 is 26.6 Å². The van der Waals surface area contributed by atoms with E-state index in [2.05, 4.69) is 302 Å². The molecule has 0 amide bonds. The number of benzene rings is 10. The highest BCUT2D eigenvalue weighted by atomic mass is 79.9. The van der Waals surface area contributed by atoms with Gasteiger partial charge < -0.3 is 69.8 Å². The lowest BCUT2D eigenvalue weighted by atomic mass is 10.1. The van der Waals surface area contributed by atoms with Crippen LogP contribution in [-0.2, 0) is 32.7 Å². The van der Waals surface area contributed by atoms with Crippen molar-refractivity contribution in [3.63, 3.8) is 0 Å². The second kappa shape index (κ2) is 40.6. The largest absolute Gasteiger partial charge is 0.390 e. The number of rotatable bonds is 20. The highest BCUT2D eigenvalue weighted by molar-refractivity contribution is 9.10. The third-order valence-electron chi connectivity index (χ3n) is 24.6. The summed E-state index contributed by atoms with van der Waals surface area (Å²) in [6.07, 6.45) is -2.35. The standard InChI is InChI=1S/C20H23BrFN3.C20H24BrN3O.C20H25N3O.C19H22ClN3O.C19H23N3O/c1-14-2-4-19-17(10-14)18-11-15(21)3-5-20(18)25(19)13-16(22)12-24-8-6-23-7-9-24;1-14-2-4-19-17(10-14)18-11-15(21)3-5-20(18)24(19)13-16(25)12-23-8-6-22-7-9-23;1-15-6-7-20-18(12-15)17-4-2-3-5-19(17)23(20)14-16(24)13-22-10-8-21-9-11-22;20-14-5-6-19-17(11-14)16-3-1-2-4-18(16)23(19)13-15(24)12-22-9-7-21-8-10-22;23-15(13-21-11-9-20-10-12-21)14-22-18-7-3-1-5-16(18)17-6-2-4-8-19(17)22/h2-5,10-11,16,23H,6-9,12-13H2,1H3;2-5,10-11,16,22,25H,6-9,12-13H2,1H3;2-7,12,16,21,24H,8-11,13-14H2,1H3;1-6,11,15,21,24H,7-10,12-13H2;1-8,15,20,23H,9-14H2. The molecule has 0 bridgehead atoms. The number of aryl methyl sites for hydroxylation is 3. The second-order valence-electron chi connectivity index (χ2n) is 33.6. The van der Waals surface area contributed by atoms with Gasteiger partial charge in [-0.25, -0.2) is 4.39 Å². The summed E-state index contributed by atoms with van der Waals surface area (Å²) in [5.74, 6) is 0. The third kappa shape index (κ3) is 20.9. The molecule has 23 heteroatoms. The Kier molecular flexibility index (Phi) is 29.0. The van der Waals surface area contributed by atoms with Crippen LogP contribution in [0.15, 0.2) is 215 Å². The Balaban J connectivity index is 0.000000112. The Morgan fingerprint density at radius 3 is 0.802 bits per heavy atom. The summed E-state index contributed by atoms with van der Waals surface area (Å²) >= 11 is 13.3. The predicted octanol–water partition coefficient (Wildman–Crippen LogP) is 14.4. The summed E-state index contributed by atoms with van der Waals surface area (Å²) in [5.41, 5.74) is 15.4. The fourth-order valence-corrected chi connectivity index (χ4v) is 19.7. The molecule has 5 aromatic heterocycles. The van der Waals surface area contributed by atoms with Crippen LogP contribution in [0.25, 0.3) is 109 Å². The number of hydrogen-bond acceptors (Lipinski definition) is 14. The van der Waals surface area contributed by atoms with Crippen molar-refractivity contribution in [1.82, 2.24) is 73.9 Å². The molecule has 9 N–H and O–H groups in total. The highest BCUT2D eigenvalue weighted by Gasteiger charge is 2.25. The molecule has 5 atom stereocenters. The molecular weight excluding hydrogens is 1670 g/mol. The lowest BCUT2D eigenvalue weighted by molar-refractivity contribution is 0.0933. The molecule has 10 heterocycles. The number of aromatic nitrogens is 5. The number of aliphatic hydroxyl groups excluding tert-OH is 4. The van der Waals surface area contributed by atoms with E-state index in [0.29, 0.717) is 45.8 Å². The first kappa shape index (κ1) is 86.3. The van der Waals surface area contributed by atoms with E-state index in [1.807, 2.05) is 30.3 Å². The molecule has 10 aromatic carbocycles. The van der Waals surface area contributed by atoms with Gasteiger partial charge in [0.25, 0.3) is 0 Å². The number of para-hydroxylation sites is 4. The normalized spacial score (nSPS) is 17.5. The molecule has 5 unspecified atom stereocenters. The van der Waals surface area contributed by atoms with Gasteiger partial charge in [0.05, 0.1) is 57.1 Å². The smallest absolute Gasteiger partial charge is 0.131 e. The minimum Gasteiger partial charge on any atom is -0.390 e. The summed E-state index contributed by atoms with van der Waals surface area (Å²) in [6, 6.07) is 72.0. The molecule has 121 heavy (non-hydrogen) atoms. The van der Waals surface area contributed by atoms with Gasteiger partial charge in [0.1, 0.15) is 6.17 Å². The van der Waals surface area contributed by atoms with Crippen molar-refractivity contribution < 1.29 is 24.8 Å². The molecule has 5 aliphatic rings. The van der Waals surface area contributed by atoms with Crippen LogP contribution in [0.2, 0.25) is 5.02 Å². The average molecular weight is 1780 g/mol. The zero-order valence-electron chi connectivity index (χ0n) is 70.0.